The quantitative estimate of drug-likeness (QED) is 0.585. The second kappa shape index (κ2) is 3.71. The Morgan fingerprint density at radius 2 is 2.14 bits per heavy atom. The molecule has 1 aliphatic rings. The molecule has 0 aromatic heterocycles. The number of hydrogen-bond donors (Lipinski definition) is 2. The van der Waals surface area contributed by atoms with Gasteiger partial charge in [0.1, 0.15) is 13.1 Å². The van der Waals surface area contributed by atoms with Gasteiger partial charge >= 0.3 is 0 Å². The van der Waals surface area contributed by atoms with Gasteiger partial charge in [0.05, 0.1) is 14.1 Å². The molecule has 76 valence electrons. The van der Waals surface area contributed by atoms with E-state index in [4.69, 9.17) is 0 Å². The number of benzene rings is 1. The molecular weight excluding hydrogens is 172 g/mol. The first-order valence-electron chi connectivity index (χ1n) is 5.39. The third-order valence-electron chi connectivity index (χ3n) is 3.14. The van der Waals surface area contributed by atoms with Crippen molar-refractivity contribution in [2.24, 2.45) is 0 Å². The number of nitrogens with one attached hydrogen (secondary N) is 1. The number of likely N-dealkylation sites (N-methyl/N-ethyl adjacent to an activating group) is 1. The van der Waals surface area contributed by atoms with Crippen molar-refractivity contribution in [3.05, 3.63) is 34.9 Å². The number of quaternary nitrogens is 2. The van der Waals surface area contributed by atoms with Crippen LogP contribution in [0.2, 0.25) is 0 Å². The zero-order valence-electron chi connectivity index (χ0n) is 9.30. The van der Waals surface area contributed by atoms with E-state index in [2.05, 4.69) is 44.5 Å². The Bertz CT molecular complexity index is 331. The molecule has 1 aliphatic heterocycles. The van der Waals surface area contributed by atoms with E-state index in [0.717, 1.165) is 6.54 Å². The standard InChI is InChI=1S/C12H18N2/c1-9-4-5-11-10(6-9)7-13-8-12(11)14(2)3/h4-6,12-13H,7-8H2,1-3H3/p+2/t12-/m1/s1. The monoisotopic (exact) mass is 192 g/mol. The molecule has 0 saturated heterocycles. The predicted octanol–water partition coefficient (Wildman–Crippen LogP) is -0.742. The molecule has 1 heterocycles. The molecule has 2 nitrogen and oxygen atoms in total. The van der Waals surface area contributed by atoms with Gasteiger partial charge in [0.25, 0.3) is 0 Å². The average molecular weight is 192 g/mol. The summed E-state index contributed by atoms with van der Waals surface area (Å²) in [6.07, 6.45) is 0. The maximum atomic E-state index is 2.42. The first kappa shape index (κ1) is 9.69. The SMILES string of the molecule is Cc1ccc2c(c1)C[NH2+]C[C@H]2[NH+](C)C. The fourth-order valence-corrected chi connectivity index (χ4v) is 2.33. The Balaban J connectivity index is 2.40. The van der Waals surface area contributed by atoms with Crippen LogP contribution >= 0.6 is 0 Å². The Labute approximate surface area is 85.9 Å². The van der Waals surface area contributed by atoms with Crippen LogP contribution in [-0.4, -0.2) is 20.6 Å². The highest BCUT2D eigenvalue weighted by Crippen LogP contribution is 2.18. The number of hydrogen-bond acceptors (Lipinski definition) is 0. The number of fused-ring (bicyclic) bond motifs is 1. The first-order valence-corrected chi connectivity index (χ1v) is 5.39. The van der Waals surface area contributed by atoms with E-state index in [1.807, 2.05) is 0 Å². The first-order chi connectivity index (χ1) is 6.68. The van der Waals surface area contributed by atoms with E-state index in [-0.39, 0.29) is 0 Å². The topological polar surface area (TPSA) is 21.1 Å². The van der Waals surface area contributed by atoms with Crippen molar-refractivity contribution >= 4 is 0 Å². The van der Waals surface area contributed by atoms with Crippen molar-refractivity contribution in [3.8, 4) is 0 Å². The maximum Gasteiger partial charge on any atom is 0.163 e. The van der Waals surface area contributed by atoms with E-state index < -0.39 is 0 Å². The minimum Gasteiger partial charge on any atom is -0.337 e. The Hall–Kier alpha value is -0.860. The summed E-state index contributed by atoms with van der Waals surface area (Å²) in [7, 11) is 4.49. The molecule has 0 aliphatic carbocycles. The molecule has 1 aromatic carbocycles. The summed E-state index contributed by atoms with van der Waals surface area (Å²) in [5.74, 6) is 0. The lowest BCUT2D eigenvalue weighted by Crippen LogP contribution is -3.10. The van der Waals surface area contributed by atoms with Crippen LogP contribution in [0.5, 0.6) is 0 Å². The normalized spacial score (nSPS) is 21.0. The number of aryl methyl sites for hydroxylation is 1. The summed E-state index contributed by atoms with van der Waals surface area (Å²) in [6, 6.07) is 7.55. The average Bonchev–Trinajstić information content (AvgIpc) is 2.16. The minimum atomic E-state index is 0.666. The molecule has 0 spiro atoms. The van der Waals surface area contributed by atoms with Crippen molar-refractivity contribution in [2.45, 2.75) is 19.5 Å². The molecule has 1 aromatic rings. The predicted molar refractivity (Wildman–Crippen MR) is 57.2 cm³/mol. The third-order valence-corrected chi connectivity index (χ3v) is 3.14. The summed E-state index contributed by atoms with van der Waals surface area (Å²) < 4.78 is 0. The largest absolute Gasteiger partial charge is 0.337 e. The van der Waals surface area contributed by atoms with Crippen molar-refractivity contribution in [1.82, 2.24) is 0 Å². The lowest BCUT2D eigenvalue weighted by molar-refractivity contribution is -0.912. The molecule has 0 radical (unpaired) electrons. The van der Waals surface area contributed by atoms with E-state index >= 15 is 0 Å². The highest BCUT2D eigenvalue weighted by atomic mass is 15.1. The lowest BCUT2D eigenvalue weighted by Gasteiger charge is -2.26. The minimum absolute atomic E-state index is 0.666. The molecular formula is C12H20N2+2. The summed E-state index contributed by atoms with van der Waals surface area (Å²) in [4.78, 5) is 1.53. The van der Waals surface area contributed by atoms with Gasteiger partial charge in [0.15, 0.2) is 6.04 Å². The zero-order valence-corrected chi connectivity index (χ0v) is 9.30. The van der Waals surface area contributed by atoms with Crippen LogP contribution in [0.25, 0.3) is 0 Å². The molecule has 0 unspecified atom stereocenters. The van der Waals surface area contributed by atoms with Crippen LogP contribution in [-0.2, 0) is 6.54 Å². The van der Waals surface area contributed by atoms with Gasteiger partial charge in [-0.05, 0) is 13.0 Å². The van der Waals surface area contributed by atoms with Crippen LogP contribution < -0.4 is 10.2 Å². The Kier molecular flexibility index (Phi) is 2.57. The summed E-state index contributed by atoms with van der Waals surface area (Å²) in [6.45, 7) is 4.55. The molecule has 0 saturated carbocycles. The Morgan fingerprint density at radius 1 is 1.36 bits per heavy atom. The van der Waals surface area contributed by atoms with Gasteiger partial charge in [-0.2, -0.15) is 0 Å². The summed E-state index contributed by atoms with van der Waals surface area (Å²) >= 11 is 0. The van der Waals surface area contributed by atoms with E-state index in [0.29, 0.717) is 6.04 Å². The van der Waals surface area contributed by atoms with Gasteiger partial charge in [-0.3, -0.25) is 0 Å². The van der Waals surface area contributed by atoms with Gasteiger partial charge in [-0.25, -0.2) is 0 Å². The smallest absolute Gasteiger partial charge is 0.163 e. The number of rotatable bonds is 1. The van der Waals surface area contributed by atoms with E-state index in [9.17, 15) is 0 Å². The van der Waals surface area contributed by atoms with Gasteiger partial charge < -0.3 is 10.2 Å². The third kappa shape index (κ3) is 1.68. The fraction of sp³-hybridized carbons (Fsp3) is 0.500. The maximum absolute atomic E-state index is 2.42. The van der Waals surface area contributed by atoms with Crippen molar-refractivity contribution in [3.63, 3.8) is 0 Å². The van der Waals surface area contributed by atoms with Crippen LogP contribution in [0.15, 0.2) is 18.2 Å². The van der Waals surface area contributed by atoms with Crippen molar-refractivity contribution < 1.29 is 10.2 Å². The molecule has 0 bridgehead atoms. The highest BCUT2D eigenvalue weighted by molar-refractivity contribution is 5.33. The summed E-state index contributed by atoms with van der Waals surface area (Å²) in [5, 5.41) is 2.42. The molecule has 2 rings (SSSR count). The highest BCUT2D eigenvalue weighted by Gasteiger charge is 2.26. The zero-order chi connectivity index (χ0) is 10.1. The van der Waals surface area contributed by atoms with Gasteiger partial charge in [-0.15, -0.1) is 0 Å². The second-order valence-electron chi connectivity index (χ2n) is 4.56. The van der Waals surface area contributed by atoms with Gasteiger partial charge in [0.2, 0.25) is 0 Å². The summed E-state index contributed by atoms with van der Waals surface area (Å²) in [5.41, 5.74) is 4.46. The molecule has 0 fully saturated rings. The van der Waals surface area contributed by atoms with Gasteiger partial charge in [0, 0.05) is 11.1 Å². The molecule has 3 N–H and O–H groups in total. The van der Waals surface area contributed by atoms with E-state index in [1.165, 1.54) is 22.6 Å². The van der Waals surface area contributed by atoms with Crippen LogP contribution in [0.4, 0.5) is 0 Å². The van der Waals surface area contributed by atoms with Crippen molar-refractivity contribution in [1.29, 1.82) is 0 Å². The lowest BCUT2D eigenvalue weighted by atomic mass is 9.94. The van der Waals surface area contributed by atoms with Crippen molar-refractivity contribution in [2.75, 3.05) is 20.6 Å². The Morgan fingerprint density at radius 3 is 2.86 bits per heavy atom. The van der Waals surface area contributed by atoms with Crippen LogP contribution in [0.3, 0.4) is 0 Å². The van der Waals surface area contributed by atoms with Crippen LogP contribution in [0, 0.1) is 6.92 Å². The molecule has 1 atom stereocenters. The van der Waals surface area contributed by atoms with Gasteiger partial charge in [-0.1, -0.05) is 17.7 Å². The van der Waals surface area contributed by atoms with E-state index in [1.54, 1.807) is 5.56 Å². The molecule has 14 heavy (non-hydrogen) atoms. The number of nitrogens with two attached hydrogens (primary N) is 1. The molecule has 2 heteroatoms. The van der Waals surface area contributed by atoms with Crippen LogP contribution in [0.1, 0.15) is 22.7 Å². The fourth-order valence-electron chi connectivity index (χ4n) is 2.33. The molecule has 0 amide bonds. The second-order valence-corrected chi connectivity index (χ2v) is 4.56.